The second-order valence-corrected chi connectivity index (χ2v) is 7.24. The molecule has 0 bridgehead atoms. The summed E-state index contributed by atoms with van der Waals surface area (Å²) in [6.07, 6.45) is 1.66. The Morgan fingerprint density at radius 3 is 2.79 bits per heavy atom. The fourth-order valence-corrected chi connectivity index (χ4v) is 3.94. The number of aliphatic hydroxyl groups excluding tert-OH is 2. The van der Waals surface area contributed by atoms with Crippen LogP contribution in [-0.2, 0) is 11.3 Å². The molecule has 0 spiro atoms. The first kappa shape index (κ1) is 18.9. The lowest BCUT2D eigenvalue weighted by Gasteiger charge is -2.32. The lowest BCUT2D eigenvalue weighted by Crippen LogP contribution is -2.33. The van der Waals surface area contributed by atoms with Crippen LogP contribution in [0.5, 0.6) is 5.75 Å². The Balaban J connectivity index is 1.71. The van der Waals surface area contributed by atoms with Crippen LogP contribution in [0.1, 0.15) is 30.1 Å². The third-order valence-electron chi connectivity index (χ3n) is 5.35. The van der Waals surface area contributed by atoms with E-state index in [0.717, 1.165) is 16.5 Å². The summed E-state index contributed by atoms with van der Waals surface area (Å²) in [6.45, 7) is 0.248. The van der Waals surface area contributed by atoms with E-state index >= 15 is 0 Å². The molecule has 6 heteroatoms. The van der Waals surface area contributed by atoms with Crippen molar-refractivity contribution in [2.45, 2.75) is 37.7 Å². The molecule has 1 aromatic heterocycles. The van der Waals surface area contributed by atoms with Gasteiger partial charge in [0.1, 0.15) is 11.6 Å². The number of para-hydroxylation sites is 1. The largest absolute Gasteiger partial charge is 0.497 e. The van der Waals surface area contributed by atoms with Crippen LogP contribution in [0.4, 0.5) is 4.39 Å². The van der Waals surface area contributed by atoms with Crippen molar-refractivity contribution in [1.82, 2.24) is 4.57 Å². The molecule has 5 nitrogen and oxygen atoms in total. The zero-order valence-corrected chi connectivity index (χ0v) is 15.7. The summed E-state index contributed by atoms with van der Waals surface area (Å²) in [5.74, 6) is 0.169. The Labute approximate surface area is 162 Å². The van der Waals surface area contributed by atoms with Crippen molar-refractivity contribution >= 4 is 10.9 Å². The maximum Gasteiger partial charge on any atom is 0.131 e. The minimum atomic E-state index is -0.517. The topological polar surface area (TPSA) is 63.9 Å². The van der Waals surface area contributed by atoms with E-state index in [9.17, 15) is 14.6 Å². The van der Waals surface area contributed by atoms with Gasteiger partial charge in [0.05, 0.1) is 38.6 Å². The molecule has 3 aromatic rings. The summed E-state index contributed by atoms with van der Waals surface area (Å²) in [5, 5.41) is 20.7. The van der Waals surface area contributed by atoms with Gasteiger partial charge in [-0.25, -0.2) is 4.39 Å². The fourth-order valence-electron chi connectivity index (χ4n) is 3.94. The van der Waals surface area contributed by atoms with Gasteiger partial charge in [0.25, 0.3) is 0 Å². The highest BCUT2D eigenvalue weighted by Crippen LogP contribution is 2.36. The van der Waals surface area contributed by atoms with Gasteiger partial charge in [0.15, 0.2) is 0 Å². The second-order valence-electron chi connectivity index (χ2n) is 7.24. The molecule has 3 atom stereocenters. The summed E-state index contributed by atoms with van der Waals surface area (Å²) in [4.78, 5) is 0. The lowest BCUT2D eigenvalue weighted by molar-refractivity contribution is -0.113. The van der Waals surface area contributed by atoms with Gasteiger partial charge in [-0.3, -0.25) is 0 Å². The van der Waals surface area contributed by atoms with Gasteiger partial charge >= 0.3 is 0 Å². The van der Waals surface area contributed by atoms with E-state index in [1.54, 1.807) is 12.1 Å². The van der Waals surface area contributed by atoms with Crippen LogP contribution in [-0.4, -0.2) is 40.7 Å². The molecule has 1 saturated heterocycles. The molecule has 2 heterocycles. The molecule has 1 aliphatic rings. The van der Waals surface area contributed by atoms with Crippen LogP contribution in [0, 0.1) is 5.82 Å². The Bertz CT molecular complexity index is 970. The van der Waals surface area contributed by atoms with E-state index in [0.29, 0.717) is 30.7 Å². The van der Waals surface area contributed by atoms with Gasteiger partial charge in [-0.1, -0.05) is 24.3 Å². The number of aromatic nitrogens is 1. The number of nitrogens with zero attached hydrogens (tertiary/aromatic N) is 1. The van der Waals surface area contributed by atoms with Crippen LogP contribution in [0.2, 0.25) is 0 Å². The van der Waals surface area contributed by atoms with Crippen LogP contribution < -0.4 is 4.74 Å². The maximum atomic E-state index is 14.5. The van der Waals surface area contributed by atoms with Crippen LogP contribution >= 0.6 is 0 Å². The predicted octanol–water partition coefficient (Wildman–Crippen LogP) is 3.41. The summed E-state index contributed by atoms with van der Waals surface area (Å²) in [7, 11) is 1.51. The zero-order valence-electron chi connectivity index (χ0n) is 15.7. The molecular formula is C22H24FNO4. The molecule has 0 saturated carbocycles. The monoisotopic (exact) mass is 385 g/mol. The number of hydrogen-bond donors (Lipinski definition) is 2. The summed E-state index contributed by atoms with van der Waals surface area (Å²) in [5.41, 5.74) is 2.48. The van der Waals surface area contributed by atoms with E-state index < -0.39 is 6.10 Å². The number of fused-ring (bicyclic) bond motifs is 1. The normalized spacial score (nSPS) is 22.5. The molecule has 4 rings (SSSR count). The fraction of sp³-hybridized carbons (Fsp3) is 0.364. The van der Waals surface area contributed by atoms with Crippen molar-refractivity contribution < 1.29 is 24.1 Å². The molecule has 2 N–H and O–H groups in total. The number of rotatable bonds is 5. The number of hydrogen-bond acceptors (Lipinski definition) is 4. The molecule has 0 amide bonds. The van der Waals surface area contributed by atoms with Crippen molar-refractivity contribution in [2.24, 2.45) is 0 Å². The van der Waals surface area contributed by atoms with Crippen molar-refractivity contribution in [2.75, 3.05) is 13.7 Å². The molecule has 1 aliphatic heterocycles. The highest BCUT2D eigenvalue weighted by molar-refractivity contribution is 5.84. The average molecular weight is 385 g/mol. The highest BCUT2D eigenvalue weighted by Gasteiger charge is 2.31. The van der Waals surface area contributed by atoms with Crippen LogP contribution in [0.3, 0.4) is 0 Å². The van der Waals surface area contributed by atoms with Gasteiger partial charge in [0.2, 0.25) is 0 Å². The van der Waals surface area contributed by atoms with E-state index in [1.165, 1.54) is 13.2 Å². The van der Waals surface area contributed by atoms with E-state index in [1.807, 2.05) is 35.0 Å². The molecule has 28 heavy (non-hydrogen) atoms. The first-order chi connectivity index (χ1) is 13.6. The Morgan fingerprint density at radius 2 is 2.04 bits per heavy atom. The lowest BCUT2D eigenvalue weighted by atomic mass is 9.96. The molecule has 0 aliphatic carbocycles. The quantitative estimate of drug-likeness (QED) is 0.707. The molecule has 148 valence electrons. The van der Waals surface area contributed by atoms with Gasteiger partial charge in [-0.2, -0.15) is 0 Å². The van der Waals surface area contributed by atoms with Crippen LogP contribution in [0.15, 0.2) is 48.7 Å². The van der Waals surface area contributed by atoms with Gasteiger partial charge in [0, 0.05) is 47.1 Å². The van der Waals surface area contributed by atoms with Crippen molar-refractivity contribution in [3.8, 4) is 5.75 Å². The van der Waals surface area contributed by atoms with Gasteiger partial charge in [-0.05, 0) is 12.1 Å². The summed E-state index contributed by atoms with van der Waals surface area (Å²) in [6, 6.07) is 12.7. The number of ether oxygens (including phenoxy) is 2. The Kier molecular flexibility index (Phi) is 5.35. The number of aliphatic hydroxyl groups is 2. The standard InChI is InChI=1S/C22H24FNO4/c1-27-16-7-6-14(20(23)10-16)11-24-12-19(18-4-2-3-5-21(18)24)22-9-15(26)8-17(13-25)28-22/h2-7,10,12,15,17,22,25-26H,8-9,11,13H2,1H3/t15-,17-,22+/m0/s1. The minimum Gasteiger partial charge on any atom is -0.497 e. The first-order valence-electron chi connectivity index (χ1n) is 9.43. The number of halogens is 1. The van der Waals surface area contributed by atoms with E-state index in [2.05, 4.69) is 0 Å². The maximum absolute atomic E-state index is 14.5. The molecule has 1 fully saturated rings. The third-order valence-corrected chi connectivity index (χ3v) is 5.35. The Morgan fingerprint density at radius 1 is 1.21 bits per heavy atom. The molecule has 0 unspecified atom stereocenters. The van der Waals surface area contributed by atoms with Crippen molar-refractivity contribution in [3.63, 3.8) is 0 Å². The number of methoxy groups -OCH3 is 1. The van der Waals surface area contributed by atoms with Crippen molar-refractivity contribution in [1.29, 1.82) is 0 Å². The average Bonchev–Trinajstić information content (AvgIpc) is 3.07. The van der Waals surface area contributed by atoms with E-state index in [-0.39, 0.29) is 24.6 Å². The van der Waals surface area contributed by atoms with E-state index in [4.69, 9.17) is 9.47 Å². The van der Waals surface area contributed by atoms with Gasteiger partial charge in [-0.15, -0.1) is 0 Å². The summed E-state index contributed by atoms with van der Waals surface area (Å²) >= 11 is 0. The SMILES string of the molecule is COc1ccc(Cn2cc([C@H]3C[C@@H](O)C[C@@H](CO)O3)c3ccccc32)c(F)c1. The molecule has 0 radical (unpaired) electrons. The number of benzene rings is 2. The van der Waals surface area contributed by atoms with Crippen LogP contribution in [0.25, 0.3) is 10.9 Å². The highest BCUT2D eigenvalue weighted by atomic mass is 19.1. The van der Waals surface area contributed by atoms with Gasteiger partial charge < -0.3 is 24.3 Å². The molecule has 2 aromatic carbocycles. The zero-order chi connectivity index (χ0) is 19.7. The smallest absolute Gasteiger partial charge is 0.131 e. The Hall–Kier alpha value is -2.41. The molecular weight excluding hydrogens is 361 g/mol. The first-order valence-corrected chi connectivity index (χ1v) is 9.43. The minimum absolute atomic E-state index is 0.122. The third kappa shape index (κ3) is 3.63. The van der Waals surface area contributed by atoms with Crippen molar-refractivity contribution in [3.05, 3.63) is 65.6 Å². The second kappa shape index (κ2) is 7.91. The summed E-state index contributed by atoms with van der Waals surface area (Å²) < 4.78 is 27.5. The predicted molar refractivity (Wildman–Crippen MR) is 104 cm³/mol.